The zero-order valence-corrected chi connectivity index (χ0v) is 23.6. The minimum absolute atomic E-state index is 0.0798. The van der Waals surface area contributed by atoms with Crippen molar-refractivity contribution in [2.75, 3.05) is 5.73 Å². The third-order valence-corrected chi connectivity index (χ3v) is 6.61. The van der Waals surface area contributed by atoms with E-state index in [0.29, 0.717) is 28.7 Å². The number of nitrogen functional groups attached to an aromatic ring is 1. The number of hydrogen-bond donors (Lipinski definition) is 2. The van der Waals surface area contributed by atoms with E-state index in [0.717, 1.165) is 22.2 Å². The van der Waals surface area contributed by atoms with Crippen LogP contribution in [0.1, 0.15) is 39.4 Å². The Balaban J connectivity index is 0.000000234. The molecule has 0 aliphatic rings. The number of aryl methyl sites for hydroxylation is 3. The van der Waals surface area contributed by atoms with Crippen LogP contribution in [-0.2, 0) is 13.5 Å². The Morgan fingerprint density at radius 1 is 1.15 bits per heavy atom. The molecule has 0 bridgehead atoms. The summed E-state index contributed by atoms with van der Waals surface area (Å²) in [4.78, 5) is 37.4. The second-order valence-electron chi connectivity index (χ2n) is 8.64. The fraction of sp³-hybridized carbons (Fsp3) is 0.133. The van der Waals surface area contributed by atoms with Crippen molar-refractivity contribution in [3.63, 3.8) is 0 Å². The Bertz CT molecular complexity index is 1890. The first kappa shape index (κ1) is 28.7. The smallest absolute Gasteiger partial charge is 0.267 e. The molecule has 3 aromatic heterocycles. The summed E-state index contributed by atoms with van der Waals surface area (Å²) in [6.07, 6.45) is 3.57. The summed E-state index contributed by atoms with van der Waals surface area (Å²) < 4.78 is 3.07. The molecule has 0 atom stereocenters. The molecule has 0 aliphatic heterocycles. The van der Waals surface area contributed by atoms with Crippen LogP contribution >= 0.6 is 11.3 Å². The van der Waals surface area contributed by atoms with E-state index in [4.69, 9.17) is 16.5 Å². The summed E-state index contributed by atoms with van der Waals surface area (Å²) in [6.45, 7) is 7.41. The van der Waals surface area contributed by atoms with E-state index in [-0.39, 0.29) is 16.9 Å². The number of nitrogens with zero attached hydrogens (tertiary/aromatic N) is 6. The number of aliphatic imine (C=N–C) groups is 1. The lowest BCUT2D eigenvalue weighted by molar-refractivity contribution is 0.100. The van der Waals surface area contributed by atoms with Crippen molar-refractivity contribution >= 4 is 46.0 Å². The van der Waals surface area contributed by atoms with E-state index in [1.54, 1.807) is 23.0 Å². The third-order valence-electron chi connectivity index (χ3n) is 5.83. The molecule has 2 aromatic carbocycles. The molecule has 5 aromatic rings. The Morgan fingerprint density at radius 2 is 1.90 bits per heavy atom. The van der Waals surface area contributed by atoms with Gasteiger partial charge in [0.15, 0.2) is 11.6 Å². The maximum Gasteiger partial charge on any atom is 0.267 e. The summed E-state index contributed by atoms with van der Waals surface area (Å²) in [5.41, 5.74) is 13.5. The van der Waals surface area contributed by atoms with Crippen molar-refractivity contribution in [2.45, 2.75) is 20.3 Å². The molecule has 3 heterocycles. The lowest BCUT2D eigenvalue weighted by Crippen LogP contribution is -2.24. The quantitative estimate of drug-likeness (QED) is 0.243. The molecule has 0 aliphatic carbocycles. The Labute approximate surface area is 240 Å². The van der Waals surface area contributed by atoms with Gasteiger partial charge in [-0.2, -0.15) is 5.10 Å². The van der Waals surface area contributed by atoms with Gasteiger partial charge in [-0.15, -0.1) is 11.3 Å². The number of para-hydroxylation sites is 1. The van der Waals surface area contributed by atoms with Crippen LogP contribution in [0.25, 0.3) is 16.6 Å². The molecule has 5 rings (SSSR count). The molecule has 0 radical (unpaired) electrons. The minimum Gasteiger partial charge on any atom is -0.381 e. The first-order valence-corrected chi connectivity index (χ1v) is 13.4. The fourth-order valence-electron chi connectivity index (χ4n) is 4.06. The molecule has 41 heavy (non-hydrogen) atoms. The zero-order valence-electron chi connectivity index (χ0n) is 22.8. The molecule has 206 valence electrons. The zero-order chi connectivity index (χ0) is 29.5. The van der Waals surface area contributed by atoms with E-state index < -0.39 is 5.91 Å². The van der Waals surface area contributed by atoms with Gasteiger partial charge < -0.3 is 11.5 Å². The van der Waals surface area contributed by atoms with Crippen LogP contribution in [0.5, 0.6) is 0 Å². The van der Waals surface area contributed by atoms with Gasteiger partial charge in [-0.05, 0) is 37.1 Å². The second-order valence-corrected chi connectivity index (χ2v) is 9.71. The first-order valence-electron chi connectivity index (χ1n) is 12.6. The number of fused-ring (bicyclic) bond motifs is 1. The molecule has 10 nitrogen and oxygen atoms in total. The number of allylic oxidation sites excluding steroid dienone is 1. The third kappa shape index (κ3) is 6.29. The van der Waals surface area contributed by atoms with Crippen molar-refractivity contribution in [2.24, 2.45) is 17.8 Å². The largest absolute Gasteiger partial charge is 0.381 e. The standard InChI is InChI=1S/C22H17N3OS.C8H11N5O/c1-3-20-24-19-11-7-8-16(12-13-17-14-27-15(2)23-17)21(19)22(26)25(20)18-9-5-4-6-10-18;1-3-4-11-8-5(7(10)14)6(9)12-13(8)2/h4-11,14H,3H2,1-2H3;3-4H,1H2,2H3,(H2,9,12)(H2,10,14)/b;11-4-. The summed E-state index contributed by atoms with van der Waals surface area (Å²) in [7, 11) is 1.62. The van der Waals surface area contributed by atoms with E-state index >= 15 is 0 Å². The molecule has 1 amide bonds. The van der Waals surface area contributed by atoms with Gasteiger partial charge >= 0.3 is 0 Å². The van der Waals surface area contributed by atoms with Crippen LogP contribution in [0.2, 0.25) is 0 Å². The van der Waals surface area contributed by atoms with Gasteiger partial charge in [-0.1, -0.05) is 49.8 Å². The van der Waals surface area contributed by atoms with Gasteiger partial charge in [-0.25, -0.2) is 19.6 Å². The van der Waals surface area contributed by atoms with Crippen LogP contribution < -0.4 is 17.0 Å². The van der Waals surface area contributed by atoms with Gasteiger partial charge in [0.25, 0.3) is 11.5 Å². The number of carbonyl (C=O) groups excluding carboxylic acids is 1. The average molecular weight is 565 g/mol. The second kappa shape index (κ2) is 12.7. The number of rotatable bonds is 5. The number of benzene rings is 2. The van der Waals surface area contributed by atoms with Gasteiger partial charge in [0.1, 0.15) is 17.1 Å². The highest BCUT2D eigenvalue weighted by Crippen LogP contribution is 2.23. The van der Waals surface area contributed by atoms with E-state index in [9.17, 15) is 9.59 Å². The Hall–Kier alpha value is -5.34. The number of anilines is 1. The lowest BCUT2D eigenvalue weighted by atomic mass is 10.1. The predicted octanol–water partition coefficient (Wildman–Crippen LogP) is 4.10. The molecule has 0 saturated heterocycles. The van der Waals surface area contributed by atoms with Crippen LogP contribution in [0.4, 0.5) is 11.6 Å². The lowest BCUT2D eigenvalue weighted by Gasteiger charge is -2.13. The predicted molar refractivity (Wildman–Crippen MR) is 164 cm³/mol. The molecule has 11 heteroatoms. The highest BCUT2D eigenvalue weighted by Gasteiger charge is 2.17. The SMILES string of the molecule is C=C/C=N\c1c(C(N)=O)c(N)nn1C.CCc1nc2cccc(C#Cc3csc(C)n3)c2c(=O)n1-c1ccccc1. The van der Waals surface area contributed by atoms with Gasteiger partial charge in [0.05, 0.1) is 21.6 Å². The Kier molecular flexibility index (Phi) is 8.86. The first-order chi connectivity index (χ1) is 19.7. The number of hydrogen-bond acceptors (Lipinski definition) is 8. The van der Waals surface area contributed by atoms with E-state index in [2.05, 4.69) is 33.5 Å². The maximum absolute atomic E-state index is 13.4. The number of thiazole rings is 1. The average Bonchev–Trinajstić information content (AvgIpc) is 3.51. The number of amides is 1. The van der Waals surface area contributed by atoms with Crippen LogP contribution in [-0.4, -0.2) is 36.4 Å². The summed E-state index contributed by atoms with van der Waals surface area (Å²) in [5, 5.41) is 7.26. The molecular formula is C30H28N8O2S. The van der Waals surface area contributed by atoms with Gasteiger partial charge in [0, 0.05) is 30.6 Å². The van der Waals surface area contributed by atoms with E-state index in [1.807, 2.05) is 67.8 Å². The Morgan fingerprint density at radius 3 is 2.54 bits per heavy atom. The summed E-state index contributed by atoms with van der Waals surface area (Å²) in [5.74, 6) is 6.67. The van der Waals surface area contributed by atoms with Crippen molar-refractivity contribution < 1.29 is 4.79 Å². The summed E-state index contributed by atoms with van der Waals surface area (Å²) >= 11 is 1.56. The van der Waals surface area contributed by atoms with E-state index in [1.165, 1.54) is 17.0 Å². The minimum atomic E-state index is -0.646. The molecular weight excluding hydrogens is 536 g/mol. The number of primary amides is 1. The molecule has 0 spiro atoms. The maximum atomic E-state index is 13.4. The number of aromatic nitrogens is 5. The number of nitrogens with two attached hydrogens (primary N) is 2. The molecule has 4 N–H and O–H groups in total. The normalized spacial score (nSPS) is 10.6. The van der Waals surface area contributed by atoms with Crippen molar-refractivity contribution in [3.05, 3.63) is 105 Å². The topological polar surface area (TPSA) is 147 Å². The van der Waals surface area contributed by atoms with Gasteiger partial charge in [0.2, 0.25) is 0 Å². The van der Waals surface area contributed by atoms with Crippen molar-refractivity contribution in [1.82, 2.24) is 24.3 Å². The highest BCUT2D eigenvalue weighted by atomic mass is 32.1. The molecule has 0 saturated carbocycles. The van der Waals surface area contributed by atoms with Crippen LogP contribution in [0.15, 0.2) is 76.4 Å². The highest BCUT2D eigenvalue weighted by molar-refractivity contribution is 7.09. The monoisotopic (exact) mass is 564 g/mol. The van der Waals surface area contributed by atoms with Crippen molar-refractivity contribution in [1.29, 1.82) is 0 Å². The van der Waals surface area contributed by atoms with Gasteiger partial charge in [-0.3, -0.25) is 14.2 Å². The fourth-order valence-corrected chi connectivity index (χ4v) is 4.60. The molecule has 0 fully saturated rings. The summed E-state index contributed by atoms with van der Waals surface area (Å²) in [6, 6.07) is 15.2. The van der Waals surface area contributed by atoms with Crippen LogP contribution in [0.3, 0.4) is 0 Å². The van der Waals surface area contributed by atoms with Crippen molar-refractivity contribution in [3.8, 4) is 17.5 Å². The van der Waals surface area contributed by atoms with Crippen LogP contribution in [0, 0.1) is 18.8 Å². The number of carbonyl (C=O) groups is 1. The molecule has 0 unspecified atom stereocenters.